The van der Waals surface area contributed by atoms with Crippen LogP contribution >= 0.6 is 0 Å². The van der Waals surface area contributed by atoms with E-state index in [1.54, 1.807) is 48.5 Å². The van der Waals surface area contributed by atoms with E-state index in [0.29, 0.717) is 29.9 Å². The molecule has 5 heteroatoms. The van der Waals surface area contributed by atoms with Gasteiger partial charge in [-0.3, -0.25) is 9.59 Å². The smallest absolute Gasteiger partial charge is 0.254 e. The van der Waals surface area contributed by atoms with Crippen LogP contribution in [0.4, 0.5) is 5.69 Å². The van der Waals surface area contributed by atoms with Crippen LogP contribution in [0.5, 0.6) is 0 Å². The summed E-state index contributed by atoms with van der Waals surface area (Å²) in [4.78, 5) is 25.4. The second-order valence-electron chi connectivity index (χ2n) is 10.3. The monoisotopic (exact) mass is 529 g/mol. The van der Waals surface area contributed by atoms with Gasteiger partial charge >= 0.3 is 0 Å². The lowest BCUT2D eigenvalue weighted by molar-refractivity contribution is 0.0790. The minimum absolute atomic E-state index is 0.0386. The van der Waals surface area contributed by atoms with Crippen molar-refractivity contribution in [2.75, 3.05) is 18.8 Å². The van der Waals surface area contributed by atoms with Crippen LogP contribution in [0.3, 0.4) is 0 Å². The largest absolute Gasteiger partial charge is 0.399 e. The molecule has 5 nitrogen and oxygen atoms in total. The third-order valence-corrected chi connectivity index (χ3v) is 6.01. The average Bonchev–Trinajstić information content (AvgIpc) is 2.89. The summed E-state index contributed by atoms with van der Waals surface area (Å²) in [6.07, 6.45) is 13.0. The van der Waals surface area contributed by atoms with E-state index in [9.17, 15) is 9.59 Å². The number of hydrogen-bond donors (Lipinski definition) is 2. The van der Waals surface area contributed by atoms with Crippen LogP contribution in [0.25, 0.3) is 0 Å². The summed E-state index contributed by atoms with van der Waals surface area (Å²) < 4.78 is 0. The van der Waals surface area contributed by atoms with Crippen LogP contribution in [0.2, 0.25) is 0 Å². The summed E-state index contributed by atoms with van der Waals surface area (Å²) in [6, 6.07) is 15.9. The molecule has 0 aliphatic heterocycles. The normalized spacial score (nSPS) is 11.1. The van der Waals surface area contributed by atoms with Gasteiger partial charge in [0.25, 0.3) is 5.91 Å². The summed E-state index contributed by atoms with van der Waals surface area (Å²) in [5.41, 5.74) is 18.0. The van der Waals surface area contributed by atoms with Crippen molar-refractivity contribution in [3.05, 3.63) is 112 Å². The molecule has 0 aliphatic carbocycles. The summed E-state index contributed by atoms with van der Waals surface area (Å²) in [5.74, 6) is -0.340. The zero-order chi connectivity index (χ0) is 29.2. The Morgan fingerprint density at radius 2 is 1.13 bits per heavy atom. The number of allylic oxidation sites excluding steroid dienone is 6. The first-order valence-electron chi connectivity index (χ1n) is 13.6. The highest BCUT2D eigenvalue weighted by Crippen LogP contribution is 2.13. The van der Waals surface area contributed by atoms with Gasteiger partial charge in [0.1, 0.15) is 0 Å². The number of amides is 2. The Hall–Kier alpha value is -3.86. The van der Waals surface area contributed by atoms with Gasteiger partial charge in [0.2, 0.25) is 5.91 Å². The fourth-order valence-electron chi connectivity index (χ4n) is 3.56. The van der Waals surface area contributed by atoms with Crippen molar-refractivity contribution in [3.8, 4) is 0 Å². The van der Waals surface area contributed by atoms with E-state index in [1.165, 1.54) is 22.3 Å². The minimum Gasteiger partial charge on any atom is -0.399 e. The SMILES string of the molecule is CC(C)=CCC/C(C)=C/CN(C/C=C(\C)CCC=C(C)C)C(=O)c1ccc(N)cc1.NC(=O)c1ccccc1. The van der Waals surface area contributed by atoms with E-state index < -0.39 is 0 Å². The Kier molecular flexibility index (Phi) is 15.6. The van der Waals surface area contributed by atoms with Crippen molar-refractivity contribution in [2.24, 2.45) is 5.73 Å². The number of primary amides is 1. The molecule has 0 bridgehead atoms. The topological polar surface area (TPSA) is 89.4 Å². The summed E-state index contributed by atoms with van der Waals surface area (Å²) in [6.45, 7) is 14.0. The maximum Gasteiger partial charge on any atom is 0.254 e. The number of rotatable bonds is 12. The fraction of sp³-hybridized carbons (Fsp3) is 0.353. The average molecular weight is 530 g/mol. The Labute approximate surface area is 236 Å². The molecule has 0 aliphatic rings. The van der Waals surface area contributed by atoms with Gasteiger partial charge in [0.15, 0.2) is 0 Å². The number of nitrogens with zero attached hydrogens (tertiary/aromatic N) is 1. The number of benzene rings is 2. The Balaban J connectivity index is 0.000000708. The second-order valence-corrected chi connectivity index (χ2v) is 10.3. The highest BCUT2D eigenvalue weighted by Gasteiger charge is 2.14. The van der Waals surface area contributed by atoms with Crippen molar-refractivity contribution in [2.45, 2.75) is 67.2 Å². The number of nitrogen functional groups attached to an aromatic ring is 1. The van der Waals surface area contributed by atoms with Crippen molar-refractivity contribution in [3.63, 3.8) is 0 Å². The molecule has 2 rings (SSSR count). The Bertz CT molecular complexity index is 1110. The van der Waals surface area contributed by atoms with Gasteiger partial charge < -0.3 is 16.4 Å². The lowest BCUT2D eigenvalue weighted by Crippen LogP contribution is -2.31. The van der Waals surface area contributed by atoms with Crippen molar-refractivity contribution < 1.29 is 9.59 Å². The van der Waals surface area contributed by atoms with Gasteiger partial charge in [-0.05, 0) is 104 Å². The first-order valence-corrected chi connectivity index (χ1v) is 13.6. The maximum absolute atomic E-state index is 13.1. The van der Waals surface area contributed by atoms with Gasteiger partial charge in [-0.2, -0.15) is 0 Å². The third kappa shape index (κ3) is 15.2. The number of carbonyl (C=O) groups is 2. The molecular formula is C34H47N3O2. The van der Waals surface area contributed by atoms with Gasteiger partial charge in [0, 0.05) is 29.9 Å². The molecule has 0 radical (unpaired) electrons. The number of anilines is 1. The lowest BCUT2D eigenvalue weighted by atomic mass is 10.1. The van der Waals surface area contributed by atoms with Crippen LogP contribution in [0.1, 0.15) is 87.9 Å². The van der Waals surface area contributed by atoms with E-state index in [4.69, 9.17) is 11.5 Å². The first kappa shape index (κ1) is 33.2. The molecule has 0 saturated carbocycles. The molecule has 0 spiro atoms. The fourth-order valence-corrected chi connectivity index (χ4v) is 3.56. The molecule has 0 saturated heterocycles. The van der Waals surface area contributed by atoms with Gasteiger partial charge in [-0.25, -0.2) is 0 Å². The maximum atomic E-state index is 13.1. The molecule has 4 N–H and O–H groups in total. The molecule has 39 heavy (non-hydrogen) atoms. The molecule has 2 aromatic rings. The predicted molar refractivity (Wildman–Crippen MR) is 167 cm³/mol. The molecule has 0 fully saturated rings. The molecule has 0 atom stereocenters. The quantitative estimate of drug-likeness (QED) is 0.216. The molecule has 0 aromatic heterocycles. The van der Waals surface area contributed by atoms with E-state index in [0.717, 1.165) is 25.7 Å². The zero-order valence-electron chi connectivity index (χ0n) is 24.7. The van der Waals surface area contributed by atoms with Gasteiger partial charge in [-0.15, -0.1) is 0 Å². The van der Waals surface area contributed by atoms with Crippen LogP contribution < -0.4 is 11.5 Å². The van der Waals surface area contributed by atoms with E-state index >= 15 is 0 Å². The van der Waals surface area contributed by atoms with Crippen LogP contribution in [-0.4, -0.2) is 29.8 Å². The highest BCUT2D eigenvalue weighted by atomic mass is 16.2. The van der Waals surface area contributed by atoms with E-state index in [1.807, 2.05) is 11.0 Å². The van der Waals surface area contributed by atoms with E-state index in [-0.39, 0.29) is 11.8 Å². The highest BCUT2D eigenvalue weighted by molar-refractivity contribution is 5.94. The number of hydrogen-bond acceptors (Lipinski definition) is 3. The molecule has 0 heterocycles. The number of carbonyl (C=O) groups excluding carboxylic acids is 2. The molecule has 210 valence electrons. The minimum atomic E-state index is -0.379. The molecular weight excluding hydrogens is 482 g/mol. The van der Waals surface area contributed by atoms with Gasteiger partial charge in [0.05, 0.1) is 0 Å². The van der Waals surface area contributed by atoms with Gasteiger partial charge in [-0.1, -0.05) is 64.8 Å². The summed E-state index contributed by atoms with van der Waals surface area (Å²) >= 11 is 0. The lowest BCUT2D eigenvalue weighted by Gasteiger charge is -2.21. The van der Waals surface area contributed by atoms with Crippen molar-refractivity contribution in [1.29, 1.82) is 0 Å². The number of nitrogens with two attached hydrogens (primary N) is 2. The summed E-state index contributed by atoms with van der Waals surface area (Å²) in [7, 11) is 0. The molecule has 2 amide bonds. The molecule has 0 unspecified atom stereocenters. The Morgan fingerprint density at radius 3 is 1.51 bits per heavy atom. The van der Waals surface area contributed by atoms with Crippen LogP contribution in [-0.2, 0) is 0 Å². The molecule has 2 aromatic carbocycles. The summed E-state index contributed by atoms with van der Waals surface area (Å²) in [5, 5.41) is 0. The zero-order valence-corrected chi connectivity index (χ0v) is 24.7. The first-order chi connectivity index (χ1) is 18.5. The Morgan fingerprint density at radius 1 is 0.667 bits per heavy atom. The standard InChI is InChI=1S/C27H40N2O.C7H7NO/c1-21(2)9-7-11-23(5)17-19-29(20-18-24(6)12-8-10-22(3)4)27(30)25-13-15-26(28)16-14-25;8-7(9)6-4-2-1-3-5-6/h9-10,13-18H,7-8,11-12,19-20,28H2,1-6H3;1-5H,(H2,8,9)/b23-17+,24-18+;. The second kappa shape index (κ2) is 18.4. The van der Waals surface area contributed by atoms with Crippen molar-refractivity contribution >= 4 is 17.5 Å². The van der Waals surface area contributed by atoms with E-state index in [2.05, 4.69) is 65.8 Å². The third-order valence-electron chi connectivity index (χ3n) is 6.01. The van der Waals surface area contributed by atoms with Crippen LogP contribution in [0.15, 0.2) is 101 Å². The van der Waals surface area contributed by atoms with Crippen molar-refractivity contribution in [1.82, 2.24) is 4.90 Å². The van der Waals surface area contributed by atoms with Crippen LogP contribution in [0, 0.1) is 0 Å². The predicted octanol–water partition coefficient (Wildman–Crippen LogP) is 7.88.